The number of H-pyrrole nitrogens is 1. The van der Waals surface area contributed by atoms with E-state index in [1.165, 1.54) is 23.1 Å². The third kappa shape index (κ3) is 5.04. The Kier molecular flexibility index (Phi) is 6.32. The molecule has 8 nitrogen and oxygen atoms in total. The molecule has 2 aliphatic heterocycles. The van der Waals surface area contributed by atoms with E-state index in [9.17, 15) is 36.9 Å². The van der Waals surface area contributed by atoms with Crippen LogP contribution in [0.4, 0.5) is 33.3 Å². The number of aromatic nitrogens is 2. The lowest BCUT2D eigenvalue weighted by molar-refractivity contribution is -0.384. The largest absolute Gasteiger partial charge is 0.412 e. The summed E-state index contributed by atoms with van der Waals surface area (Å²) >= 11 is 0. The van der Waals surface area contributed by atoms with Crippen molar-refractivity contribution in [2.45, 2.75) is 31.4 Å². The molecular formula is C25H22F5N5O3. The highest BCUT2D eigenvalue weighted by Crippen LogP contribution is 2.37. The third-order valence-electron chi connectivity index (χ3n) is 6.87. The molecule has 2 aromatic carbocycles. The summed E-state index contributed by atoms with van der Waals surface area (Å²) in [6.07, 6.45) is -4.41. The van der Waals surface area contributed by atoms with Gasteiger partial charge in [-0.15, -0.1) is 0 Å². The molecule has 0 aliphatic carbocycles. The molecular weight excluding hydrogens is 513 g/mol. The number of alkyl halides is 5. The van der Waals surface area contributed by atoms with Crippen molar-refractivity contribution in [3.8, 4) is 11.4 Å². The van der Waals surface area contributed by atoms with Crippen molar-refractivity contribution >= 4 is 28.3 Å². The Morgan fingerprint density at radius 2 is 1.82 bits per heavy atom. The first-order chi connectivity index (χ1) is 17.9. The van der Waals surface area contributed by atoms with Gasteiger partial charge < -0.3 is 14.8 Å². The van der Waals surface area contributed by atoms with E-state index in [1.807, 2.05) is 0 Å². The van der Waals surface area contributed by atoms with Crippen LogP contribution in [-0.4, -0.2) is 64.0 Å². The van der Waals surface area contributed by atoms with Gasteiger partial charge in [-0.05, 0) is 30.7 Å². The van der Waals surface area contributed by atoms with Crippen molar-refractivity contribution in [1.29, 1.82) is 0 Å². The first-order valence-corrected chi connectivity index (χ1v) is 11.9. The van der Waals surface area contributed by atoms with Gasteiger partial charge in [0.15, 0.2) is 0 Å². The Morgan fingerprint density at radius 3 is 2.45 bits per heavy atom. The number of carbonyl (C=O) groups excluding carboxylic acids is 1. The van der Waals surface area contributed by atoms with E-state index < -0.39 is 35.4 Å². The minimum atomic E-state index is -4.43. The summed E-state index contributed by atoms with van der Waals surface area (Å²) < 4.78 is 66.2. The molecule has 0 unspecified atom stereocenters. The average molecular weight is 535 g/mol. The maximum atomic E-state index is 13.5. The summed E-state index contributed by atoms with van der Waals surface area (Å²) in [6, 6.07) is 8.78. The Hall–Kier alpha value is -4.03. The zero-order valence-corrected chi connectivity index (χ0v) is 19.9. The van der Waals surface area contributed by atoms with Crippen LogP contribution in [0, 0.1) is 10.1 Å². The zero-order valence-electron chi connectivity index (χ0n) is 19.9. The van der Waals surface area contributed by atoms with E-state index in [-0.39, 0.29) is 44.2 Å². The van der Waals surface area contributed by atoms with E-state index in [1.54, 1.807) is 23.1 Å². The highest BCUT2D eigenvalue weighted by molar-refractivity contribution is 5.98. The Balaban J connectivity index is 1.46. The number of hydrogen-bond acceptors (Lipinski definition) is 5. The van der Waals surface area contributed by atoms with Crippen LogP contribution in [0.3, 0.4) is 0 Å². The smallest absolute Gasteiger partial charge is 0.367 e. The molecule has 1 fully saturated rings. The molecule has 200 valence electrons. The molecule has 0 atom stereocenters. The van der Waals surface area contributed by atoms with Crippen LogP contribution in [0.25, 0.3) is 22.4 Å². The van der Waals surface area contributed by atoms with Crippen molar-refractivity contribution in [2.75, 3.05) is 31.1 Å². The van der Waals surface area contributed by atoms with E-state index in [0.717, 1.165) is 6.08 Å². The molecule has 13 heteroatoms. The minimum absolute atomic E-state index is 0.00721. The Bertz CT molecular complexity index is 1440. The fourth-order valence-corrected chi connectivity index (χ4v) is 4.73. The number of halogens is 5. The van der Waals surface area contributed by atoms with Crippen molar-refractivity contribution in [1.82, 2.24) is 14.9 Å². The zero-order chi connectivity index (χ0) is 27.2. The van der Waals surface area contributed by atoms with E-state index in [4.69, 9.17) is 0 Å². The first-order valence-electron chi connectivity index (χ1n) is 11.9. The quantitative estimate of drug-likeness (QED) is 0.200. The molecule has 1 amide bonds. The first kappa shape index (κ1) is 25.6. The number of anilines is 1. The maximum Gasteiger partial charge on any atom is 0.412 e. The lowest BCUT2D eigenvalue weighted by atomic mass is 10.0. The molecule has 3 aromatic rings. The number of nitro benzene ring substituents is 1. The van der Waals surface area contributed by atoms with Crippen LogP contribution in [0.15, 0.2) is 48.0 Å². The number of non-ortho nitro benzene ring substituents is 1. The number of aromatic amines is 1. The van der Waals surface area contributed by atoms with Gasteiger partial charge in [0.25, 0.3) is 17.5 Å². The van der Waals surface area contributed by atoms with Crippen LogP contribution in [0.2, 0.25) is 0 Å². The molecule has 0 saturated carbocycles. The SMILES string of the molecule is O=C(c1ccc2nc(-c3ccc([N+](=O)[O-])cc3N3CC=C(C(F)(F)F)CC3)[nH]c2c1)N1CCC(F)(F)CC1. The number of imidazole rings is 1. The van der Waals surface area contributed by atoms with Crippen LogP contribution >= 0.6 is 0 Å². The third-order valence-corrected chi connectivity index (χ3v) is 6.87. The van der Waals surface area contributed by atoms with Gasteiger partial charge in [-0.2, -0.15) is 13.2 Å². The van der Waals surface area contributed by atoms with E-state index in [2.05, 4.69) is 9.97 Å². The standard InChI is InChI=1S/C25H22F5N5O3/c26-24(27)7-11-34(12-8-24)23(36)15-1-4-19-20(13-15)32-22(31-19)18-3-2-17(35(37)38)14-21(18)33-9-5-16(6-10-33)25(28,29)30/h1-5,13-14H,6-12H2,(H,31,32). The number of amides is 1. The van der Waals surface area contributed by atoms with Gasteiger partial charge in [-0.25, -0.2) is 13.8 Å². The monoisotopic (exact) mass is 535 g/mol. The van der Waals surface area contributed by atoms with Gasteiger partial charge in [0, 0.05) is 67.9 Å². The summed E-state index contributed by atoms with van der Waals surface area (Å²) in [7, 11) is 0. The van der Waals surface area contributed by atoms with Crippen molar-refractivity contribution < 1.29 is 31.7 Å². The molecule has 0 radical (unpaired) electrons. The number of fused-ring (bicyclic) bond motifs is 1. The second-order valence-corrected chi connectivity index (χ2v) is 9.35. The Morgan fingerprint density at radius 1 is 1.08 bits per heavy atom. The van der Waals surface area contributed by atoms with Gasteiger partial charge in [-0.3, -0.25) is 14.9 Å². The lowest BCUT2D eigenvalue weighted by Gasteiger charge is -2.31. The van der Waals surface area contributed by atoms with E-state index in [0.29, 0.717) is 33.7 Å². The van der Waals surface area contributed by atoms with Gasteiger partial charge in [0.2, 0.25) is 0 Å². The molecule has 0 spiro atoms. The molecule has 1 aromatic heterocycles. The normalized spacial score (nSPS) is 18.0. The number of piperidine rings is 1. The van der Waals surface area contributed by atoms with Crippen molar-refractivity contribution in [3.05, 3.63) is 63.7 Å². The number of nitrogens with one attached hydrogen (secondary N) is 1. The van der Waals surface area contributed by atoms with Gasteiger partial charge >= 0.3 is 6.18 Å². The average Bonchev–Trinajstić information content (AvgIpc) is 3.31. The maximum absolute atomic E-state index is 13.5. The minimum Gasteiger partial charge on any atom is -0.367 e. The number of nitrogens with zero attached hydrogens (tertiary/aromatic N) is 4. The summed E-state index contributed by atoms with van der Waals surface area (Å²) in [4.78, 5) is 34.3. The molecule has 1 saturated heterocycles. The molecule has 3 heterocycles. The highest BCUT2D eigenvalue weighted by Gasteiger charge is 2.36. The number of rotatable bonds is 4. The Labute approximate surface area is 212 Å². The number of likely N-dealkylation sites (tertiary alicyclic amines) is 1. The fraction of sp³-hybridized carbons (Fsp3) is 0.360. The predicted molar refractivity (Wildman–Crippen MR) is 129 cm³/mol. The predicted octanol–water partition coefficient (Wildman–Crippen LogP) is 5.71. The van der Waals surface area contributed by atoms with Gasteiger partial charge in [0.1, 0.15) is 5.82 Å². The molecule has 38 heavy (non-hydrogen) atoms. The number of nitro groups is 1. The fourth-order valence-electron chi connectivity index (χ4n) is 4.73. The van der Waals surface area contributed by atoms with Gasteiger partial charge in [-0.1, -0.05) is 6.08 Å². The van der Waals surface area contributed by atoms with Crippen LogP contribution in [0.1, 0.15) is 29.6 Å². The summed E-state index contributed by atoms with van der Waals surface area (Å²) in [6.45, 7) is -0.181. The second kappa shape index (κ2) is 9.37. The lowest BCUT2D eigenvalue weighted by Crippen LogP contribution is -2.42. The highest BCUT2D eigenvalue weighted by atomic mass is 19.4. The second-order valence-electron chi connectivity index (χ2n) is 9.35. The van der Waals surface area contributed by atoms with Crippen molar-refractivity contribution in [3.63, 3.8) is 0 Å². The topological polar surface area (TPSA) is 95.4 Å². The summed E-state index contributed by atoms with van der Waals surface area (Å²) in [5.74, 6) is -2.84. The van der Waals surface area contributed by atoms with Crippen LogP contribution < -0.4 is 4.90 Å². The number of benzene rings is 2. The molecule has 1 N–H and O–H groups in total. The summed E-state index contributed by atoms with van der Waals surface area (Å²) in [5.41, 5.74) is 1.20. The van der Waals surface area contributed by atoms with Crippen molar-refractivity contribution in [2.24, 2.45) is 0 Å². The number of carbonyl (C=O) groups is 1. The van der Waals surface area contributed by atoms with E-state index >= 15 is 0 Å². The van der Waals surface area contributed by atoms with Gasteiger partial charge in [0.05, 0.1) is 21.6 Å². The molecule has 2 aliphatic rings. The molecule has 0 bridgehead atoms. The van der Waals surface area contributed by atoms with Crippen LogP contribution in [-0.2, 0) is 0 Å². The summed E-state index contributed by atoms with van der Waals surface area (Å²) in [5, 5.41) is 11.4. The molecule has 5 rings (SSSR count). The number of hydrogen-bond donors (Lipinski definition) is 1. The van der Waals surface area contributed by atoms with Crippen LogP contribution in [0.5, 0.6) is 0 Å².